The van der Waals surface area contributed by atoms with Gasteiger partial charge in [0.2, 0.25) is 11.8 Å². The van der Waals surface area contributed by atoms with E-state index in [0.29, 0.717) is 0 Å². The van der Waals surface area contributed by atoms with Gasteiger partial charge in [0.05, 0.1) is 12.7 Å². The molecule has 0 heterocycles. The number of thiol groups is 1. The standard InChI is InChI=1S/C6H13N3O2S/c1-4(10)8-3-9-6(11)5(7)2-12/h5,12H,2-3,7H2,1H3,(H,8,10)(H,9,11)/t5-/m0/s1. The van der Waals surface area contributed by atoms with Crippen molar-refractivity contribution in [1.29, 1.82) is 0 Å². The molecule has 12 heavy (non-hydrogen) atoms. The van der Waals surface area contributed by atoms with Crippen LogP contribution in [0.15, 0.2) is 0 Å². The van der Waals surface area contributed by atoms with Gasteiger partial charge >= 0.3 is 0 Å². The van der Waals surface area contributed by atoms with Gasteiger partial charge in [0, 0.05) is 12.7 Å². The van der Waals surface area contributed by atoms with Crippen molar-refractivity contribution in [2.24, 2.45) is 5.73 Å². The highest BCUT2D eigenvalue weighted by Crippen LogP contribution is 1.81. The predicted octanol–water partition coefficient (Wildman–Crippen LogP) is -1.55. The Bertz CT molecular complexity index is 174. The molecule has 6 heteroatoms. The molecule has 0 bridgehead atoms. The van der Waals surface area contributed by atoms with Crippen LogP contribution >= 0.6 is 12.6 Å². The lowest BCUT2D eigenvalue weighted by molar-refractivity contribution is -0.122. The molecule has 0 spiro atoms. The van der Waals surface area contributed by atoms with Crippen LogP contribution in [0.2, 0.25) is 0 Å². The van der Waals surface area contributed by atoms with Crippen LogP contribution in [-0.2, 0) is 9.59 Å². The van der Waals surface area contributed by atoms with Crippen molar-refractivity contribution in [1.82, 2.24) is 10.6 Å². The van der Waals surface area contributed by atoms with Gasteiger partial charge in [-0.15, -0.1) is 0 Å². The third kappa shape index (κ3) is 4.97. The highest BCUT2D eigenvalue weighted by molar-refractivity contribution is 7.80. The van der Waals surface area contributed by atoms with Gasteiger partial charge < -0.3 is 16.4 Å². The molecule has 0 fully saturated rings. The SMILES string of the molecule is CC(=O)NCNC(=O)[C@@H](N)CS. The highest BCUT2D eigenvalue weighted by Gasteiger charge is 2.09. The molecule has 0 saturated heterocycles. The number of amides is 2. The Morgan fingerprint density at radius 2 is 2.08 bits per heavy atom. The Balaban J connectivity index is 3.50. The number of carbonyl (C=O) groups is 2. The molecule has 0 aliphatic heterocycles. The lowest BCUT2D eigenvalue weighted by Crippen LogP contribution is -2.45. The van der Waals surface area contributed by atoms with E-state index in [1.807, 2.05) is 0 Å². The van der Waals surface area contributed by atoms with Gasteiger partial charge in [-0.1, -0.05) is 0 Å². The van der Waals surface area contributed by atoms with E-state index < -0.39 is 6.04 Å². The van der Waals surface area contributed by atoms with Crippen molar-refractivity contribution < 1.29 is 9.59 Å². The molecular formula is C6H13N3O2S. The molecular weight excluding hydrogens is 178 g/mol. The van der Waals surface area contributed by atoms with E-state index in [9.17, 15) is 9.59 Å². The molecule has 0 saturated carbocycles. The first-order valence-electron chi connectivity index (χ1n) is 3.46. The molecule has 0 aliphatic carbocycles. The second-order valence-electron chi connectivity index (χ2n) is 2.24. The summed E-state index contributed by atoms with van der Waals surface area (Å²) in [5.74, 6) is -0.236. The lowest BCUT2D eigenvalue weighted by atomic mass is 10.3. The molecule has 0 aromatic rings. The summed E-state index contributed by atoms with van der Waals surface area (Å²) < 4.78 is 0. The monoisotopic (exact) mass is 191 g/mol. The van der Waals surface area contributed by atoms with Crippen LogP contribution in [0.25, 0.3) is 0 Å². The van der Waals surface area contributed by atoms with Crippen LogP contribution in [0.4, 0.5) is 0 Å². The van der Waals surface area contributed by atoms with Crippen molar-refractivity contribution in [3.63, 3.8) is 0 Å². The first-order valence-corrected chi connectivity index (χ1v) is 4.09. The van der Waals surface area contributed by atoms with Gasteiger partial charge in [0.25, 0.3) is 0 Å². The number of nitrogens with two attached hydrogens (primary N) is 1. The van der Waals surface area contributed by atoms with Gasteiger partial charge in [0.15, 0.2) is 0 Å². The maximum absolute atomic E-state index is 10.9. The van der Waals surface area contributed by atoms with Crippen LogP contribution in [0, 0.1) is 0 Å². The van der Waals surface area contributed by atoms with Crippen molar-refractivity contribution in [3.8, 4) is 0 Å². The maximum Gasteiger partial charge on any atom is 0.239 e. The van der Waals surface area contributed by atoms with Gasteiger partial charge in [-0.05, 0) is 0 Å². The fourth-order valence-corrected chi connectivity index (χ4v) is 0.636. The minimum absolute atomic E-state index is 0.107. The summed E-state index contributed by atoms with van der Waals surface area (Å²) in [6.45, 7) is 1.47. The first kappa shape index (κ1) is 11.2. The molecule has 2 amide bonds. The van der Waals surface area contributed by atoms with Crippen molar-refractivity contribution in [3.05, 3.63) is 0 Å². The molecule has 1 atom stereocenters. The van der Waals surface area contributed by atoms with Gasteiger partial charge in [-0.3, -0.25) is 9.59 Å². The van der Waals surface area contributed by atoms with Crippen molar-refractivity contribution in [2.45, 2.75) is 13.0 Å². The summed E-state index contributed by atoms with van der Waals surface area (Å²) in [4.78, 5) is 21.3. The quantitative estimate of drug-likeness (QED) is 0.321. The second kappa shape index (κ2) is 5.84. The molecule has 0 aromatic heterocycles. The van der Waals surface area contributed by atoms with Crippen LogP contribution in [0.3, 0.4) is 0 Å². The smallest absolute Gasteiger partial charge is 0.239 e. The zero-order valence-electron chi connectivity index (χ0n) is 6.83. The van der Waals surface area contributed by atoms with Gasteiger partial charge in [-0.25, -0.2) is 0 Å². The number of carbonyl (C=O) groups excluding carboxylic acids is 2. The Labute approximate surface area is 76.5 Å². The number of hydrogen-bond donors (Lipinski definition) is 4. The van der Waals surface area contributed by atoms with Gasteiger partial charge in [-0.2, -0.15) is 12.6 Å². The van der Waals surface area contributed by atoms with E-state index in [-0.39, 0.29) is 24.2 Å². The fourth-order valence-electron chi connectivity index (χ4n) is 0.470. The van der Waals surface area contributed by atoms with Crippen molar-refractivity contribution in [2.75, 3.05) is 12.4 Å². The Hall–Kier alpha value is -0.750. The third-order valence-electron chi connectivity index (χ3n) is 1.13. The predicted molar refractivity (Wildman–Crippen MR) is 48.7 cm³/mol. The largest absolute Gasteiger partial charge is 0.339 e. The fraction of sp³-hybridized carbons (Fsp3) is 0.667. The number of nitrogens with one attached hydrogen (secondary N) is 2. The summed E-state index contributed by atoms with van der Waals surface area (Å²) >= 11 is 3.84. The first-order chi connectivity index (χ1) is 5.57. The summed E-state index contributed by atoms with van der Waals surface area (Å²) in [6, 6.07) is -0.623. The molecule has 0 rings (SSSR count). The summed E-state index contributed by atoms with van der Waals surface area (Å²) in [5, 5.41) is 4.82. The van der Waals surface area contributed by atoms with E-state index in [2.05, 4.69) is 23.3 Å². The average Bonchev–Trinajstić information content (AvgIpc) is 2.02. The molecule has 0 aliphatic rings. The minimum atomic E-state index is -0.623. The topological polar surface area (TPSA) is 84.2 Å². The molecule has 0 aromatic carbocycles. The summed E-state index contributed by atoms with van der Waals surface area (Å²) in [6.07, 6.45) is 0. The number of rotatable bonds is 4. The van der Waals surface area contributed by atoms with E-state index in [4.69, 9.17) is 5.73 Å². The Morgan fingerprint density at radius 1 is 1.50 bits per heavy atom. The average molecular weight is 191 g/mol. The van der Waals surface area contributed by atoms with E-state index >= 15 is 0 Å². The van der Waals surface area contributed by atoms with Crippen LogP contribution in [-0.4, -0.2) is 30.3 Å². The van der Waals surface area contributed by atoms with E-state index in [1.54, 1.807) is 0 Å². The number of hydrogen-bond acceptors (Lipinski definition) is 4. The zero-order valence-corrected chi connectivity index (χ0v) is 7.73. The Morgan fingerprint density at radius 3 is 2.50 bits per heavy atom. The molecule has 5 nitrogen and oxygen atoms in total. The van der Waals surface area contributed by atoms with Crippen LogP contribution in [0.5, 0.6) is 0 Å². The van der Waals surface area contributed by atoms with Crippen LogP contribution < -0.4 is 16.4 Å². The maximum atomic E-state index is 10.9. The third-order valence-corrected chi connectivity index (χ3v) is 1.53. The zero-order chi connectivity index (χ0) is 9.56. The van der Waals surface area contributed by atoms with Crippen molar-refractivity contribution >= 4 is 24.4 Å². The van der Waals surface area contributed by atoms with Crippen LogP contribution in [0.1, 0.15) is 6.92 Å². The van der Waals surface area contributed by atoms with E-state index in [0.717, 1.165) is 0 Å². The summed E-state index contributed by atoms with van der Waals surface area (Å²) in [5.41, 5.74) is 5.33. The normalized spacial score (nSPS) is 11.9. The molecule has 4 N–H and O–H groups in total. The summed E-state index contributed by atoms with van der Waals surface area (Å²) in [7, 11) is 0. The van der Waals surface area contributed by atoms with E-state index in [1.165, 1.54) is 6.92 Å². The molecule has 70 valence electrons. The minimum Gasteiger partial charge on any atom is -0.339 e. The molecule has 0 radical (unpaired) electrons. The molecule has 0 unspecified atom stereocenters. The Kier molecular flexibility index (Phi) is 5.48. The second-order valence-corrected chi connectivity index (χ2v) is 2.60. The lowest BCUT2D eigenvalue weighted by Gasteiger charge is -2.09. The van der Waals surface area contributed by atoms with Gasteiger partial charge in [0.1, 0.15) is 0 Å². The highest BCUT2D eigenvalue weighted by atomic mass is 32.1.